The number of carbonyl (C=O) groups is 4. The van der Waals surface area contributed by atoms with Crippen LogP contribution in [0.15, 0.2) is 36.5 Å². The summed E-state index contributed by atoms with van der Waals surface area (Å²) >= 11 is 0. The highest BCUT2D eigenvalue weighted by Crippen LogP contribution is 2.28. The van der Waals surface area contributed by atoms with Crippen molar-refractivity contribution in [2.45, 2.75) is 78.4 Å². The van der Waals surface area contributed by atoms with E-state index >= 15 is 0 Å². The van der Waals surface area contributed by atoms with E-state index in [-0.39, 0.29) is 42.5 Å². The number of nitrogens with one attached hydrogen (secondary N) is 3. The topological polar surface area (TPSA) is 187 Å². The molecule has 1 aromatic carbocycles. The maximum absolute atomic E-state index is 13.9. The quantitative estimate of drug-likeness (QED) is 0.256. The van der Waals surface area contributed by atoms with E-state index in [9.17, 15) is 19.2 Å². The van der Waals surface area contributed by atoms with Gasteiger partial charge in [0.25, 0.3) is 5.91 Å². The second-order valence-electron chi connectivity index (χ2n) is 13.0. The van der Waals surface area contributed by atoms with Crippen LogP contribution in [0, 0.1) is 12.8 Å². The van der Waals surface area contributed by atoms with Gasteiger partial charge in [0.2, 0.25) is 17.7 Å². The monoisotopic (exact) mass is 716 g/mol. The van der Waals surface area contributed by atoms with E-state index in [1.54, 1.807) is 57.4 Å². The van der Waals surface area contributed by atoms with Gasteiger partial charge in [0, 0.05) is 38.7 Å². The number of carbonyl (C=O) groups excluding carboxylic acids is 4. The SMILES string of the molecule is CC[C@H](C)[C@@H]1NC(=O)CCCN(C(=O)c2c(C)nn3ncccc23)CCCNC(=O)Cn2nc(Cc3ccc(OC)c(OC)c3)nc2[C@@H](C)NC1=O. The van der Waals surface area contributed by atoms with Crippen molar-refractivity contribution in [2.75, 3.05) is 33.9 Å². The van der Waals surface area contributed by atoms with Gasteiger partial charge in [-0.05, 0) is 62.4 Å². The van der Waals surface area contributed by atoms with Crippen molar-refractivity contribution in [3.8, 4) is 11.5 Å². The van der Waals surface area contributed by atoms with Crippen molar-refractivity contribution in [3.05, 3.63) is 65.0 Å². The van der Waals surface area contributed by atoms with Crippen molar-refractivity contribution in [3.63, 3.8) is 0 Å². The van der Waals surface area contributed by atoms with E-state index in [2.05, 4.69) is 31.2 Å². The van der Waals surface area contributed by atoms with Gasteiger partial charge >= 0.3 is 0 Å². The molecule has 4 aromatic rings. The number of hydrogen-bond donors (Lipinski definition) is 3. The molecular formula is C36H48N10O6. The summed E-state index contributed by atoms with van der Waals surface area (Å²) < 4.78 is 13.7. The van der Waals surface area contributed by atoms with Gasteiger partial charge in [-0.3, -0.25) is 19.2 Å². The van der Waals surface area contributed by atoms with Crippen molar-refractivity contribution >= 4 is 29.1 Å². The molecule has 0 saturated heterocycles. The third-order valence-corrected chi connectivity index (χ3v) is 9.26. The summed E-state index contributed by atoms with van der Waals surface area (Å²) in [4.78, 5) is 60.6. The predicted molar refractivity (Wildman–Crippen MR) is 191 cm³/mol. The molecule has 278 valence electrons. The number of rotatable bonds is 7. The van der Waals surface area contributed by atoms with Crippen molar-refractivity contribution < 1.29 is 28.7 Å². The molecule has 52 heavy (non-hydrogen) atoms. The van der Waals surface area contributed by atoms with Crippen LogP contribution in [0.3, 0.4) is 0 Å². The fourth-order valence-corrected chi connectivity index (χ4v) is 6.27. The minimum atomic E-state index is -0.809. The van der Waals surface area contributed by atoms with E-state index in [4.69, 9.17) is 14.5 Å². The van der Waals surface area contributed by atoms with E-state index in [1.165, 1.54) is 9.31 Å². The number of ether oxygens (including phenoxy) is 2. The summed E-state index contributed by atoms with van der Waals surface area (Å²) in [5, 5.41) is 22.1. The van der Waals surface area contributed by atoms with Crippen molar-refractivity contribution in [2.24, 2.45) is 5.92 Å². The highest BCUT2D eigenvalue weighted by Gasteiger charge is 2.30. The molecule has 0 fully saturated rings. The first-order valence-electron chi connectivity index (χ1n) is 17.6. The number of aromatic nitrogens is 6. The highest BCUT2D eigenvalue weighted by atomic mass is 16.5. The molecule has 0 saturated carbocycles. The number of methoxy groups -OCH3 is 2. The second-order valence-corrected chi connectivity index (χ2v) is 13.0. The van der Waals surface area contributed by atoms with E-state index < -0.39 is 12.1 Å². The Bertz CT molecular complexity index is 1910. The van der Waals surface area contributed by atoms with Crippen LogP contribution in [0.1, 0.15) is 85.8 Å². The van der Waals surface area contributed by atoms with Gasteiger partial charge in [0.15, 0.2) is 17.3 Å². The minimum Gasteiger partial charge on any atom is -0.493 e. The lowest BCUT2D eigenvalue weighted by atomic mass is 9.97. The summed E-state index contributed by atoms with van der Waals surface area (Å²) in [7, 11) is 3.13. The molecule has 1 aliphatic heterocycles. The van der Waals surface area contributed by atoms with E-state index in [1.807, 2.05) is 26.0 Å². The van der Waals surface area contributed by atoms with E-state index in [0.29, 0.717) is 85.2 Å². The summed E-state index contributed by atoms with van der Waals surface area (Å²) in [5.74, 6) is 0.635. The van der Waals surface area contributed by atoms with Crippen LogP contribution >= 0.6 is 0 Å². The first-order chi connectivity index (χ1) is 25.0. The Morgan fingerprint density at radius 3 is 2.54 bits per heavy atom. The molecule has 16 heteroatoms. The Morgan fingerprint density at radius 1 is 1.02 bits per heavy atom. The minimum absolute atomic E-state index is 0.111. The lowest BCUT2D eigenvalue weighted by molar-refractivity contribution is -0.130. The second kappa shape index (κ2) is 17.1. The van der Waals surface area contributed by atoms with E-state index in [0.717, 1.165) is 5.56 Å². The Labute approximate surface area is 302 Å². The fourth-order valence-electron chi connectivity index (χ4n) is 6.27. The molecule has 0 spiro atoms. The van der Waals surface area contributed by atoms with Crippen LogP contribution in [0.5, 0.6) is 11.5 Å². The average molecular weight is 717 g/mol. The zero-order chi connectivity index (χ0) is 37.4. The molecule has 3 aromatic heterocycles. The zero-order valence-corrected chi connectivity index (χ0v) is 30.6. The van der Waals surface area contributed by atoms with Crippen molar-refractivity contribution in [1.82, 2.24) is 50.4 Å². The van der Waals surface area contributed by atoms with Gasteiger partial charge in [-0.25, -0.2) is 9.67 Å². The molecule has 16 nitrogen and oxygen atoms in total. The maximum Gasteiger partial charge on any atom is 0.258 e. The number of hydrogen-bond acceptors (Lipinski definition) is 10. The smallest absolute Gasteiger partial charge is 0.258 e. The molecular weight excluding hydrogens is 668 g/mol. The lowest BCUT2D eigenvalue weighted by Gasteiger charge is -2.26. The van der Waals surface area contributed by atoms with Crippen LogP contribution in [0.2, 0.25) is 0 Å². The third-order valence-electron chi connectivity index (χ3n) is 9.26. The van der Waals surface area contributed by atoms with Gasteiger partial charge in [-0.15, -0.1) is 0 Å². The van der Waals surface area contributed by atoms with Gasteiger partial charge in [0.05, 0.1) is 31.5 Å². The van der Waals surface area contributed by atoms with Gasteiger partial charge in [-0.1, -0.05) is 26.3 Å². The Balaban J connectivity index is 1.41. The first-order valence-corrected chi connectivity index (χ1v) is 17.6. The standard InChI is InChI=1S/C36H48N10O6/c1-7-22(2)33-35(49)39-24(4)34-40-29(20-25-13-14-27(51-5)28(19-25)52-6)43-45(34)21-31(48)37-15-10-18-44(17-9-12-30(47)41-33)36(50)32-23(3)42-46-26(32)11-8-16-38-46/h8,11,13-14,16,19,22,24,33H,7,9-10,12,15,17-18,20-21H2,1-6H3,(H,37,48)(H,39,49)(H,41,47)/t22-,24+,33-/m0/s1. The first kappa shape index (κ1) is 37.7. The van der Waals surface area contributed by atoms with Gasteiger partial charge in [-0.2, -0.15) is 19.9 Å². The van der Waals surface area contributed by atoms with Crippen LogP contribution in [-0.2, 0) is 27.3 Å². The third kappa shape index (κ3) is 8.84. The molecule has 0 aliphatic carbocycles. The number of fused-ring (bicyclic) bond motifs is 2. The van der Waals surface area contributed by atoms with Crippen LogP contribution < -0.4 is 25.4 Å². The highest BCUT2D eigenvalue weighted by molar-refractivity contribution is 6.02. The molecule has 0 unspecified atom stereocenters. The number of amides is 4. The Hall–Kier alpha value is -5.54. The summed E-state index contributed by atoms with van der Waals surface area (Å²) in [5.41, 5.74) is 2.43. The summed E-state index contributed by atoms with van der Waals surface area (Å²) in [6.07, 6.45) is 3.53. The molecule has 0 bridgehead atoms. The number of nitrogens with zero attached hydrogens (tertiary/aromatic N) is 7. The molecule has 1 aliphatic rings. The zero-order valence-electron chi connectivity index (χ0n) is 30.6. The lowest BCUT2D eigenvalue weighted by Crippen LogP contribution is -2.51. The summed E-state index contributed by atoms with van der Waals surface area (Å²) in [6.45, 7) is 8.17. The van der Waals surface area contributed by atoms with Gasteiger partial charge < -0.3 is 30.3 Å². The van der Waals surface area contributed by atoms with Gasteiger partial charge in [0.1, 0.15) is 23.9 Å². The van der Waals surface area contributed by atoms with Crippen molar-refractivity contribution in [1.29, 1.82) is 0 Å². The molecule has 5 rings (SSSR count). The van der Waals surface area contributed by atoms with Crippen LogP contribution in [-0.4, -0.2) is 98.0 Å². The molecule has 3 N–H and O–H groups in total. The van der Waals surface area contributed by atoms with Crippen LogP contribution in [0.4, 0.5) is 0 Å². The Kier molecular flexibility index (Phi) is 12.4. The maximum atomic E-state index is 13.9. The molecule has 0 radical (unpaired) electrons. The summed E-state index contributed by atoms with van der Waals surface area (Å²) in [6, 6.07) is 7.61. The molecule has 4 amide bonds. The normalized spacial score (nSPS) is 18.7. The van der Waals surface area contributed by atoms with Crippen LogP contribution in [0.25, 0.3) is 5.52 Å². The fraction of sp³-hybridized carbons (Fsp3) is 0.500. The number of benzene rings is 1. The molecule has 4 heterocycles. The number of aryl methyl sites for hydroxylation is 1. The Morgan fingerprint density at radius 2 is 1.79 bits per heavy atom. The largest absolute Gasteiger partial charge is 0.493 e. The average Bonchev–Trinajstić information content (AvgIpc) is 3.69. The molecule has 3 atom stereocenters. The predicted octanol–water partition coefficient (Wildman–Crippen LogP) is 2.39.